The van der Waals surface area contributed by atoms with E-state index in [1.54, 1.807) is 92.8 Å². The van der Waals surface area contributed by atoms with Gasteiger partial charge in [-0.05, 0) is 59.0 Å². The molecule has 24 nitrogen and oxygen atoms in total. The van der Waals surface area contributed by atoms with Crippen LogP contribution in [-0.2, 0) is 33.3 Å². The van der Waals surface area contributed by atoms with Crippen molar-refractivity contribution in [3.05, 3.63) is 85.1 Å². The predicted octanol–water partition coefficient (Wildman–Crippen LogP) is -1.34. The summed E-state index contributed by atoms with van der Waals surface area (Å²) in [5, 5.41) is 160. The van der Waals surface area contributed by atoms with Crippen LogP contribution in [0.15, 0.2) is 85.1 Å². The highest BCUT2D eigenvalue weighted by Crippen LogP contribution is 2.39. The van der Waals surface area contributed by atoms with E-state index in [0.717, 1.165) is 32.4 Å². The minimum atomic E-state index is -2.46. The van der Waals surface area contributed by atoms with E-state index in [1.807, 2.05) is 13.0 Å². The van der Waals surface area contributed by atoms with Crippen molar-refractivity contribution in [1.29, 1.82) is 0 Å². The molecule has 23 atom stereocenters. The SMILES string of the molecule is C[C@@H]1[C@H](O)[C@@H](C)/C=C/C=C/C=C/C=C/C=C/C=C/C=C/[C@H](OC2O[C@H](C)[C@@H](O)[C@H](NC[C@@]3(O)OC[C@@H](O)[C@@H](O)[C@@H]3O)[C@@H]2O)CC2O[C@](O)(C[C@@H](O)C[C@@H](O)[C@H](O)CC[C@@H](O)C[C@@H](O)CC(=O)O[C@H]1C)C[C@H](O)C2C(=O)NCCN1CCCCC1. The highest BCUT2D eigenvalue weighted by Gasteiger charge is 2.53. The molecule has 5 aliphatic rings. The number of likely N-dealkylation sites (tertiary alicyclic amines) is 1. The molecule has 84 heavy (non-hydrogen) atoms. The van der Waals surface area contributed by atoms with Crippen molar-refractivity contribution in [2.24, 2.45) is 17.8 Å². The normalized spacial score (nSPS) is 44.7. The third kappa shape index (κ3) is 22.2. The molecule has 2 bridgehead atoms. The first-order valence-electron chi connectivity index (χ1n) is 29.7. The number of carbonyl (C=O) groups is 2. The molecule has 0 aromatic carbocycles. The number of hydrogen-bond acceptors (Lipinski definition) is 23. The van der Waals surface area contributed by atoms with Gasteiger partial charge >= 0.3 is 5.97 Å². The monoisotopic (exact) mass is 1200 g/mol. The molecule has 0 aromatic rings. The number of nitrogens with one attached hydrogen (secondary N) is 2. The molecule has 1 amide bonds. The summed E-state index contributed by atoms with van der Waals surface area (Å²) in [6, 6.07) is -1.34. The molecule has 0 saturated carbocycles. The second-order valence-corrected chi connectivity index (χ2v) is 23.4. The minimum Gasteiger partial charge on any atom is -0.462 e. The van der Waals surface area contributed by atoms with Crippen molar-refractivity contribution in [2.75, 3.05) is 39.3 Å². The van der Waals surface area contributed by atoms with Gasteiger partial charge in [-0.2, -0.15) is 0 Å². The van der Waals surface area contributed by atoms with Crippen molar-refractivity contribution < 1.29 is 105 Å². The van der Waals surface area contributed by atoms with Gasteiger partial charge < -0.3 is 111 Å². The Hall–Kier alpha value is -3.68. The van der Waals surface area contributed by atoms with Gasteiger partial charge in [0.25, 0.3) is 0 Å². The predicted molar refractivity (Wildman–Crippen MR) is 305 cm³/mol. The van der Waals surface area contributed by atoms with Crippen LogP contribution in [0.3, 0.4) is 0 Å². The highest BCUT2D eigenvalue weighted by molar-refractivity contribution is 5.80. The zero-order valence-electron chi connectivity index (χ0n) is 48.8. The lowest BCUT2D eigenvalue weighted by molar-refractivity contribution is -0.323. The fourth-order valence-electron chi connectivity index (χ4n) is 11.1. The highest BCUT2D eigenvalue weighted by atomic mass is 16.7. The molecule has 0 aromatic heterocycles. The molecule has 0 radical (unpaired) electrons. The Bertz CT molecular complexity index is 2190. The first kappa shape index (κ1) is 71.1. The molecule has 478 valence electrons. The number of fused-ring (bicyclic) bond motifs is 2. The number of carbonyl (C=O) groups excluding carboxylic acids is 2. The van der Waals surface area contributed by atoms with E-state index < -0.39 is 184 Å². The second-order valence-electron chi connectivity index (χ2n) is 23.4. The zero-order chi connectivity index (χ0) is 61.7. The maximum atomic E-state index is 14.2. The first-order valence-corrected chi connectivity index (χ1v) is 29.7. The summed E-state index contributed by atoms with van der Waals surface area (Å²) in [6.45, 7) is 7.98. The molecular formula is C60H97N3O21. The third-order valence-corrected chi connectivity index (χ3v) is 16.4. The Morgan fingerprint density at radius 3 is 1.92 bits per heavy atom. The summed E-state index contributed by atoms with van der Waals surface area (Å²) in [7, 11) is 0. The van der Waals surface area contributed by atoms with Crippen LogP contribution in [0.4, 0.5) is 0 Å². The molecular weight excluding hydrogens is 1100 g/mol. The second kappa shape index (κ2) is 34.8. The van der Waals surface area contributed by atoms with Gasteiger partial charge in [0.05, 0.1) is 98.7 Å². The van der Waals surface area contributed by atoms with Gasteiger partial charge in [0.15, 0.2) is 12.1 Å². The topological polar surface area (TPSA) is 391 Å². The third-order valence-electron chi connectivity index (χ3n) is 16.4. The van der Waals surface area contributed by atoms with Crippen molar-refractivity contribution in [3.8, 4) is 0 Å². The van der Waals surface area contributed by atoms with E-state index in [-0.39, 0.29) is 38.1 Å². The fourth-order valence-corrected chi connectivity index (χ4v) is 11.1. The fraction of sp³-hybridized carbons (Fsp3) is 0.733. The van der Waals surface area contributed by atoms with E-state index in [2.05, 4.69) is 15.5 Å². The molecule has 5 heterocycles. The quantitative estimate of drug-likeness (QED) is 0.119. The van der Waals surface area contributed by atoms with Crippen LogP contribution in [0.2, 0.25) is 0 Å². The molecule has 3 unspecified atom stereocenters. The van der Waals surface area contributed by atoms with Crippen LogP contribution in [0.1, 0.15) is 98.3 Å². The molecule has 5 aliphatic heterocycles. The molecule has 4 fully saturated rings. The lowest BCUT2D eigenvalue weighted by atomic mass is 9.82. The van der Waals surface area contributed by atoms with E-state index in [1.165, 1.54) is 6.92 Å². The van der Waals surface area contributed by atoms with Gasteiger partial charge in [0.1, 0.15) is 30.5 Å². The van der Waals surface area contributed by atoms with E-state index >= 15 is 0 Å². The number of cyclic esters (lactones) is 1. The van der Waals surface area contributed by atoms with Crippen LogP contribution in [0.5, 0.6) is 0 Å². The van der Waals surface area contributed by atoms with Crippen LogP contribution in [0, 0.1) is 17.8 Å². The van der Waals surface area contributed by atoms with Gasteiger partial charge in [-0.3, -0.25) is 9.59 Å². The summed E-state index contributed by atoms with van der Waals surface area (Å²) < 4.78 is 29.5. The van der Waals surface area contributed by atoms with E-state index in [9.17, 15) is 81.1 Å². The van der Waals surface area contributed by atoms with Gasteiger partial charge in [-0.25, -0.2) is 0 Å². The largest absolute Gasteiger partial charge is 0.462 e. The molecule has 0 aliphatic carbocycles. The lowest BCUT2D eigenvalue weighted by Crippen LogP contribution is -2.69. The molecule has 24 heteroatoms. The number of allylic oxidation sites excluding steroid dienone is 12. The van der Waals surface area contributed by atoms with Crippen LogP contribution in [0.25, 0.3) is 0 Å². The number of ether oxygens (including phenoxy) is 5. The lowest BCUT2D eigenvalue weighted by Gasteiger charge is -2.47. The molecule has 5 rings (SSSR count). The maximum Gasteiger partial charge on any atom is 0.308 e. The van der Waals surface area contributed by atoms with Gasteiger partial charge in [0.2, 0.25) is 11.7 Å². The smallest absolute Gasteiger partial charge is 0.308 e. The van der Waals surface area contributed by atoms with Gasteiger partial charge in [-0.1, -0.05) is 105 Å². The summed E-state index contributed by atoms with van der Waals surface area (Å²) in [6.07, 6.45) is 0.371. The number of aliphatic hydroxyl groups excluding tert-OH is 12. The number of piperidine rings is 1. The van der Waals surface area contributed by atoms with Gasteiger partial charge in [-0.15, -0.1) is 0 Å². The first-order chi connectivity index (χ1) is 39.8. The van der Waals surface area contributed by atoms with Crippen molar-refractivity contribution >= 4 is 11.9 Å². The molecule has 4 saturated heterocycles. The molecule has 16 N–H and O–H groups in total. The number of esters is 1. The van der Waals surface area contributed by atoms with Gasteiger partial charge in [0, 0.05) is 50.6 Å². The maximum absolute atomic E-state index is 14.2. The summed E-state index contributed by atoms with van der Waals surface area (Å²) in [5.41, 5.74) is 0. The number of aliphatic hydroxyl groups is 14. The zero-order valence-corrected chi connectivity index (χ0v) is 48.8. The Kier molecular flexibility index (Phi) is 29.4. The summed E-state index contributed by atoms with van der Waals surface area (Å²) >= 11 is 0. The van der Waals surface area contributed by atoms with Crippen molar-refractivity contribution in [3.63, 3.8) is 0 Å². The summed E-state index contributed by atoms with van der Waals surface area (Å²) in [4.78, 5) is 29.2. The Morgan fingerprint density at radius 1 is 0.655 bits per heavy atom. The van der Waals surface area contributed by atoms with E-state index in [0.29, 0.717) is 6.54 Å². The Balaban J connectivity index is 1.42. The van der Waals surface area contributed by atoms with Crippen LogP contribution in [-0.4, -0.2) is 249 Å². The average Bonchev–Trinajstić information content (AvgIpc) is 3.51. The van der Waals surface area contributed by atoms with Crippen molar-refractivity contribution in [2.45, 2.75) is 220 Å². The summed E-state index contributed by atoms with van der Waals surface area (Å²) in [5.74, 6) is -8.30. The Morgan fingerprint density at radius 2 is 1.27 bits per heavy atom. The number of rotatable bonds is 9. The average molecular weight is 1200 g/mol. The van der Waals surface area contributed by atoms with Crippen LogP contribution < -0.4 is 10.6 Å². The van der Waals surface area contributed by atoms with Crippen LogP contribution >= 0.6 is 0 Å². The number of hydrogen-bond donors (Lipinski definition) is 16. The Labute approximate surface area is 492 Å². The standard InChI is InChI=1S/C60H97N3O21/c1-36-20-16-13-11-9-7-5-6-8-10-12-14-17-21-43(83-58-55(75)51(53(73)39(4)82-58)62-35-60(79)56(76)54(74)47(70)34-80-60)31-48-50(57(77)61-24-27-63-25-18-15-19-26-63)46(69)33-59(78,84-48)32-42(66)29-45(68)44(67)23-22-40(64)28-41(65)30-49(71)81-38(3)37(2)52(36)72/h5-14,16-17,20-21,36-48,50-56,58,62,64-70,72-76,78-79H,15,18-19,22-35H2,1-4H3,(H,61,77)/b6-5+,9-7+,10-8+,13-11+,14-12+,20-16+,21-17+/t36-,37-,38-,39+,40+,41+,42-,43-,44+,45+,46-,47+,48?,50?,51-,52+,53+,54+,55-,56-,58?,59+,60+/m0/s1. The van der Waals surface area contributed by atoms with E-state index in [4.69, 9.17) is 23.7 Å². The number of nitrogens with zero attached hydrogens (tertiary/aromatic N) is 1. The molecule has 0 spiro atoms. The number of amides is 1. The van der Waals surface area contributed by atoms with Crippen molar-refractivity contribution in [1.82, 2.24) is 15.5 Å². The minimum absolute atomic E-state index is 0.126.